The fourth-order valence-electron chi connectivity index (χ4n) is 11.2. The molecule has 0 spiro atoms. The second-order valence-electron chi connectivity index (χ2n) is 26.2. The van der Waals surface area contributed by atoms with Crippen molar-refractivity contribution in [1.29, 1.82) is 0 Å². The van der Waals surface area contributed by atoms with E-state index < -0.39 is 26.5 Å². The Morgan fingerprint density at radius 1 is 0.326 bits per heavy atom. The molecule has 3 N–H and O–H groups in total. The van der Waals surface area contributed by atoms with E-state index in [1.54, 1.807) is 0 Å². The van der Waals surface area contributed by atoms with Crippen molar-refractivity contribution in [2.24, 2.45) is 5.73 Å². The average Bonchev–Trinajstić information content (AvgIpc) is 3.25. The molecule has 0 radical (unpaired) electrons. The summed E-state index contributed by atoms with van der Waals surface area (Å²) >= 11 is 0. The maximum atomic E-state index is 12.8. The van der Waals surface area contributed by atoms with Crippen LogP contribution in [0.25, 0.3) is 0 Å². The van der Waals surface area contributed by atoms with E-state index in [2.05, 4.69) is 148 Å². The van der Waals surface area contributed by atoms with Crippen LogP contribution in [0.1, 0.15) is 361 Å². The van der Waals surface area contributed by atoms with Crippen LogP contribution >= 0.6 is 7.82 Å². The first kappa shape index (κ1) is 91.2. The fourth-order valence-corrected chi connectivity index (χ4v) is 12.0. The largest absolute Gasteiger partial charge is 0.472 e. The van der Waals surface area contributed by atoms with Gasteiger partial charge in [0.2, 0.25) is 0 Å². The van der Waals surface area contributed by atoms with Gasteiger partial charge in [0.15, 0.2) is 6.10 Å². The summed E-state index contributed by atoms with van der Waals surface area (Å²) in [4.78, 5) is 35.4. The van der Waals surface area contributed by atoms with Crippen LogP contribution in [0.3, 0.4) is 0 Å². The molecule has 2 unspecified atom stereocenters. The van der Waals surface area contributed by atoms with E-state index in [9.17, 15) is 19.0 Å². The zero-order chi connectivity index (χ0) is 68.6. The van der Waals surface area contributed by atoms with E-state index in [-0.39, 0.29) is 38.6 Å². The van der Waals surface area contributed by atoms with Gasteiger partial charge in [-0.1, -0.05) is 366 Å². The SMILES string of the molecule is CC/C=C\C/C=C\C/C=C\C/C=C\C/C=C\C/C=C\C/C=C\C/C=C\C/C=C\CCCCCCCC(=O)OC(COC(=O)CCCCCCCCCCCCCCCCCCCCCCCCCCCCCCC/C=C\C/C=C\CCCCCCC)COP(=O)(O)OCCN. The van der Waals surface area contributed by atoms with Crippen molar-refractivity contribution in [3.05, 3.63) is 134 Å². The first-order chi connectivity index (χ1) is 46.8. The molecule has 2 atom stereocenters. The monoisotopic (exact) mass is 1340 g/mol. The fraction of sp³-hybridized carbons (Fsp3) is 0.718. The van der Waals surface area contributed by atoms with Crippen LogP contribution in [0.2, 0.25) is 0 Å². The molecule has 10 heteroatoms. The minimum atomic E-state index is -4.41. The highest BCUT2D eigenvalue weighted by Crippen LogP contribution is 2.43. The molecule has 0 saturated heterocycles. The van der Waals surface area contributed by atoms with Gasteiger partial charge in [0.05, 0.1) is 13.2 Å². The summed E-state index contributed by atoms with van der Waals surface area (Å²) in [5.74, 6) is -0.844. The van der Waals surface area contributed by atoms with Crippen molar-refractivity contribution in [2.75, 3.05) is 26.4 Å². The second-order valence-corrected chi connectivity index (χ2v) is 27.7. The number of nitrogens with two attached hydrogens (primary N) is 1. The maximum Gasteiger partial charge on any atom is 0.472 e. The van der Waals surface area contributed by atoms with Gasteiger partial charge in [0.25, 0.3) is 0 Å². The molecule has 0 aliphatic rings. The molecule has 0 aromatic heterocycles. The van der Waals surface area contributed by atoms with E-state index in [0.29, 0.717) is 6.42 Å². The van der Waals surface area contributed by atoms with Crippen LogP contribution in [-0.4, -0.2) is 49.3 Å². The van der Waals surface area contributed by atoms with Crippen LogP contribution in [0.5, 0.6) is 0 Å². The molecule has 0 heterocycles. The third-order valence-corrected chi connectivity index (χ3v) is 18.0. The van der Waals surface area contributed by atoms with Gasteiger partial charge in [-0.3, -0.25) is 18.6 Å². The Balaban J connectivity index is 3.85. The number of rotatable bonds is 74. The molecule has 0 saturated carbocycles. The highest BCUT2D eigenvalue weighted by molar-refractivity contribution is 7.47. The zero-order valence-corrected chi connectivity index (χ0v) is 62.5. The Morgan fingerprint density at radius 3 is 0.863 bits per heavy atom. The van der Waals surface area contributed by atoms with E-state index in [1.807, 2.05) is 0 Å². The molecule has 95 heavy (non-hydrogen) atoms. The number of hydrogen-bond acceptors (Lipinski definition) is 8. The number of phosphoric acid groups is 1. The third kappa shape index (κ3) is 79.0. The lowest BCUT2D eigenvalue weighted by atomic mass is 10.0. The van der Waals surface area contributed by atoms with Crippen molar-refractivity contribution in [3.63, 3.8) is 0 Å². The molecule has 0 aliphatic heterocycles. The lowest BCUT2D eigenvalue weighted by molar-refractivity contribution is -0.161. The normalized spacial score (nSPS) is 13.6. The lowest BCUT2D eigenvalue weighted by Crippen LogP contribution is -2.29. The molecule has 0 aromatic carbocycles. The van der Waals surface area contributed by atoms with Gasteiger partial charge in [0.1, 0.15) is 6.61 Å². The highest BCUT2D eigenvalue weighted by atomic mass is 31.2. The van der Waals surface area contributed by atoms with Gasteiger partial charge in [-0.05, 0) is 116 Å². The maximum absolute atomic E-state index is 12.8. The summed E-state index contributed by atoms with van der Waals surface area (Å²) in [5, 5.41) is 0. The van der Waals surface area contributed by atoms with Gasteiger partial charge in [-0.2, -0.15) is 0 Å². The molecule has 0 aromatic rings. The minimum absolute atomic E-state index is 0.0449. The second kappa shape index (κ2) is 79.1. The van der Waals surface area contributed by atoms with E-state index in [4.69, 9.17) is 24.3 Å². The van der Waals surface area contributed by atoms with Crippen molar-refractivity contribution in [1.82, 2.24) is 0 Å². The van der Waals surface area contributed by atoms with E-state index in [0.717, 1.165) is 116 Å². The zero-order valence-electron chi connectivity index (χ0n) is 61.6. The average molecular weight is 1340 g/mol. The molecule has 9 nitrogen and oxygen atoms in total. The number of carbonyl (C=O) groups is 2. The Bertz CT molecular complexity index is 2030. The van der Waals surface area contributed by atoms with Crippen LogP contribution in [-0.2, 0) is 32.7 Å². The Kier molecular flexibility index (Phi) is 75.9. The number of hydrogen-bond donors (Lipinski definition) is 2. The number of carbonyl (C=O) groups excluding carboxylic acids is 2. The molecule has 0 amide bonds. The predicted octanol–water partition coefficient (Wildman–Crippen LogP) is 26.8. The highest BCUT2D eigenvalue weighted by Gasteiger charge is 2.26. The topological polar surface area (TPSA) is 134 Å². The standard InChI is InChI=1S/C85H148NO8P/c1-3-5-7-9-11-13-15-17-19-21-23-25-27-29-31-33-35-37-38-39-40-41-42-43-44-46-47-49-51-53-55-57-59-61-63-65-67-69-71-73-75-77-84(87)91-81-83(82-93-95(89,90)92-80-79-86)94-85(88)78-76-74-72-70-68-66-64-62-60-58-56-54-52-50-48-45-36-34-32-30-28-26-24-22-20-18-16-14-12-10-8-6-4-2/h6,8,12,14-15,17-18,20-21,23-24,26,30,32,36,45,50,52,56,58,62,64,83H,3-5,7,9-11,13,16,19,22,25,27-29,31,33-35,37-44,46-49,51,53-55,57,59-61,63,65-82,86H2,1-2H3,(H,89,90)/b8-6-,14-12-,17-15-,20-18-,23-21-,26-24-,32-30-,45-36-,52-50-,58-56-,64-62-. The minimum Gasteiger partial charge on any atom is -0.462 e. The van der Waals surface area contributed by atoms with Crippen LogP contribution in [0, 0.1) is 0 Å². The summed E-state index contributed by atoms with van der Waals surface area (Å²) in [6.07, 6.45) is 113. The van der Waals surface area contributed by atoms with E-state index in [1.165, 1.54) is 212 Å². The van der Waals surface area contributed by atoms with Crippen molar-refractivity contribution in [2.45, 2.75) is 367 Å². The molecule has 0 bridgehead atoms. The molecule has 0 fully saturated rings. The Hall–Kier alpha value is -3.85. The van der Waals surface area contributed by atoms with Crippen LogP contribution in [0.4, 0.5) is 0 Å². The number of allylic oxidation sites excluding steroid dienone is 22. The summed E-state index contributed by atoms with van der Waals surface area (Å²) in [6.45, 7) is 3.62. The first-order valence-corrected chi connectivity index (χ1v) is 41.2. The van der Waals surface area contributed by atoms with Crippen molar-refractivity contribution < 1.29 is 37.6 Å². The van der Waals surface area contributed by atoms with E-state index >= 15 is 0 Å². The number of ether oxygens (including phenoxy) is 2. The van der Waals surface area contributed by atoms with Gasteiger partial charge >= 0.3 is 19.8 Å². The Labute approximate surface area is 586 Å². The van der Waals surface area contributed by atoms with Crippen molar-refractivity contribution >= 4 is 19.8 Å². The molecule has 0 rings (SSSR count). The third-order valence-electron chi connectivity index (χ3n) is 17.0. The van der Waals surface area contributed by atoms with Gasteiger partial charge in [-0.15, -0.1) is 0 Å². The predicted molar refractivity (Wildman–Crippen MR) is 413 cm³/mol. The number of phosphoric ester groups is 1. The van der Waals surface area contributed by atoms with Gasteiger partial charge in [-0.25, -0.2) is 4.57 Å². The summed E-state index contributed by atoms with van der Waals surface area (Å²) in [6, 6.07) is 0. The number of esters is 2. The molecule has 546 valence electrons. The Morgan fingerprint density at radius 2 is 0.579 bits per heavy atom. The summed E-state index contributed by atoms with van der Waals surface area (Å²) in [7, 11) is -4.41. The number of unbranched alkanes of at least 4 members (excludes halogenated alkanes) is 39. The van der Waals surface area contributed by atoms with Crippen molar-refractivity contribution in [3.8, 4) is 0 Å². The molecular formula is C85H148NO8P. The summed E-state index contributed by atoms with van der Waals surface area (Å²) in [5.41, 5.74) is 5.41. The quantitative estimate of drug-likeness (QED) is 0.0264. The van der Waals surface area contributed by atoms with Gasteiger partial charge in [0, 0.05) is 19.4 Å². The smallest absolute Gasteiger partial charge is 0.462 e. The first-order valence-electron chi connectivity index (χ1n) is 39.7. The molecule has 0 aliphatic carbocycles. The van der Waals surface area contributed by atoms with Gasteiger partial charge < -0.3 is 20.1 Å². The van der Waals surface area contributed by atoms with Crippen LogP contribution in [0.15, 0.2) is 134 Å². The lowest BCUT2D eigenvalue weighted by Gasteiger charge is -2.19. The molecular weight excluding hydrogens is 1190 g/mol. The summed E-state index contributed by atoms with van der Waals surface area (Å²) < 4.78 is 33.2. The van der Waals surface area contributed by atoms with Crippen LogP contribution < -0.4 is 5.73 Å².